The SMILES string of the molecule is CC(C)CN1C(=O)/C(=C2\C(=O)N(CC(=O)Nc3ccc(Cl)cc3)c3ccccc32)SC1=S. The Balaban J connectivity index is 1.63. The molecule has 2 heterocycles. The maximum Gasteiger partial charge on any atom is 0.267 e. The molecule has 0 bridgehead atoms. The van der Waals surface area contributed by atoms with Crippen molar-refractivity contribution in [2.24, 2.45) is 5.92 Å². The topological polar surface area (TPSA) is 69.7 Å². The Morgan fingerprint density at radius 2 is 1.75 bits per heavy atom. The van der Waals surface area contributed by atoms with Crippen LogP contribution in [0.2, 0.25) is 5.02 Å². The summed E-state index contributed by atoms with van der Waals surface area (Å²) in [6.07, 6.45) is 0. The van der Waals surface area contributed by atoms with Gasteiger partial charge in [0.2, 0.25) is 5.91 Å². The first-order valence-corrected chi connectivity index (χ1v) is 11.6. The fourth-order valence-corrected chi connectivity index (χ4v) is 5.08. The zero-order valence-corrected chi connectivity index (χ0v) is 19.8. The highest BCUT2D eigenvalue weighted by Gasteiger charge is 2.42. The molecule has 2 aliphatic rings. The molecule has 3 amide bonds. The van der Waals surface area contributed by atoms with Gasteiger partial charge in [0.25, 0.3) is 11.8 Å². The molecule has 0 unspecified atom stereocenters. The van der Waals surface area contributed by atoms with Crippen LogP contribution in [0.25, 0.3) is 5.57 Å². The summed E-state index contributed by atoms with van der Waals surface area (Å²) in [6.45, 7) is 4.31. The molecule has 4 rings (SSSR count). The predicted octanol–water partition coefficient (Wildman–Crippen LogP) is 4.55. The first-order chi connectivity index (χ1) is 15.3. The van der Waals surface area contributed by atoms with E-state index in [9.17, 15) is 14.4 Å². The van der Waals surface area contributed by atoms with Gasteiger partial charge in [0.05, 0.1) is 16.2 Å². The molecular formula is C23H20ClN3O3S2. The lowest BCUT2D eigenvalue weighted by molar-refractivity contribution is -0.122. The zero-order chi connectivity index (χ0) is 23.0. The summed E-state index contributed by atoms with van der Waals surface area (Å²) in [4.78, 5) is 42.4. The van der Waals surface area contributed by atoms with Gasteiger partial charge in [-0.3, -0.25) is 24.2 Å². The first kappa shape index (κ1) is 22.5. The summed E-state index contributed by atoms with van der Waals surface area (Å²) >= 11 is 12.4. The van der Waals surface area contributed by atoms with Gasteiger partial charge in [-0.15, -0.1) is 0 Å². The summed E-state index contributed by atoms with van der Waals surface area (Å²) < 4.78 is 0.440. The molecular weight excluding hydrogens is 466 g/mol. The molecule has 1 N–H and O–H groups in total. The molecule has 0 saturated carbocycles. The van der Waals surface area contributed by atoms with Crippen LogP contribution in [0, 0.1) is 5.92 Å². The largest absolute Gasteiger partial charge is 0.325 e. The highest BCUT2D eigenvalue weighted by molar-refractivity contribution is 8.26. The lowest BCUT2D eigenvalue weighted by Crippen LogP contribution is -2.35. The molecule has 164 valence electrons. The number of carbonyl (C=O) groups is 3. The minimum atomic E-state index is -0.387. The normalized spacial score (nSPS) is 18.1. The van der Waals surface area contributed by atoms with Crippen molar-refractivity contribution in [1.29, 1.82) is 0 Å². The van der Waals surface area contributed by atoms with E-state index in [1.807, 2.05) is 13.8 Å². The Morgan fingerprint density at radius 3 is 2.44 bits per heavy atom. The molecule has 0 spiro atoms. The molecule has 2 aromatic rings. The molecule has 32 heavy (non-hydrogen) atoms. The summed E-state index contributed by atoms with van der Waals surface area (Å²) in [5.74, 6) is -0.771. The molecule has 2 aromatic carbocycles. The van der Waals surface area contributed by atoms with Crippen molar-refractivity contribution in [3.8, 4) is 0 Å². The number of thioether (sulfide) groups is 1. The Kier molecular flexibility index (Phi) is 6.37. The first-order valence-electron chi connectivity index (χ1n) is 10.0. The van der Waals surface area contributed by atoms with Gasteiger partial charge in [0.15, 0.2) is 0 Å². The number of nitrogens with one attached hydrogen (secondary N) is 1. The van der Waals surface area contributed by atoms with E-state index in [-0.39, 0.29) is 30.2 Å². The van der Waals surface area contributed by atoms with Crippen LogP contribution in [0.3, 0.4) is 0 Å². The average Bonchev–Trinajstić information content (AvgIpc) is 3.17. The van der Waals surface area contributed by atoms with Crippen molar-refractivity contribution in [3.05, 3.63) is 64.0 Å². The molecule has 0 aromatic heterocycles. The summed E-state index contributed by atoms with van der Waals surface area (Å²) in [5, 5.41) is 3.33. The number of thiocarbonyl (C=S) groups is 1. The monoisotopic (exact) mass is 485 g/mol. The fraction of sp³-hybridized carbons (Fsp3) is 0.217. The third-order valence-electron chi connectivity index (χ3n) is 4.98. The smallest absolute Gasteiger partial charge is 0.267 e. The van der Waals surface area contributed by atoms with Gasteiger partial charge >= 0.3 is 0 Å². The van der Waals surface area contributed by atoms with Gasteiger partial charge in [-0.25, -0.2) is 0 Å². The van der Waals surface area contributed by atoms with Gasteiger partial charge in [-0.1, -0.05) is 67.6 Å². The van der Waals surface area contributed by atoms with Crippen LogP contribution >= 0.6 is 35.6 Å². The summed E-state index contributed by atoms with van der Waals surface area (Å²) in [6, 6.07) is 13.9. The number of hydrogen-bond acceptors (Lipinski definition) is 5. The van der Waals surface area contributed by atoms with E-state index < -0.39 is 0 Å². The molecule has 0 atom stereocenters. The number of para-hydroxylation sites is 1. The van der Waals surface area contributed by atoms with E-state index >= 15 is 0 Å². The van der Waals surface area contributed by atoms with Crippen molar-refractivity contribution in [1.82, 2.24) is 4.90 Å². The number of rotatable bonds is 5. The second-order valence-electron chi connectivity index (χ2n) is 7.85. The number of halogens is 1. The average molecular weight is 486 g/mol. The second-order valence-corrected chi connectivity index (χ2v) is 9.93. The van der Waals surface area contributed by atoms with Crippen molar-refractivity contribution >= 4 is 74.6 Å². The van der Waals surface area contributed by atoms with Crippen molar-refractivity contribution < 1.29 is 14.4 Å². The van der Waals surface area contributed by atoms with Crippen molar-refractivity contribution in [2.75, 3.05) is 23.3 Å². The Bertz CT molecular complexity index is 1160. The number of benzene rings is 2. The van der Waals surface area contributed by atoms with Crippen LogP contribution in [0.5, 0.6) is 0 Å². The lowest BCUT2D eigenvalue weighted by atomic mass is 10.1. The molecule has 9 heteroatoms. The van der Waals surface area contributed by atoms with Gasteiger partial charge in [0.1, 0.15) is 10.9 Å². The van der Waals surface area contributed by atoms with Gasteiger partial charge in [0, 0.05) is 22.8 Å². The molecule has 1 saturated heterocycles. The van der Waals surface area contributed by atoms with Gasteiger partial charge in [-0.05, 0) is 36.2 Å². The minimum Gasteiger partial charge on any atom is -0.325 e. The zero-order valence-electron chi connectivity index (χ0n) is 17.4. The molecule has 6 nitrogen and oxygen atoms in total. The van der Waals surface area contributed by atoms with E-state index in [1.54, 1.807) is 53.4 Å². The molecule has 1 fully saturated rings. The third kappa shape index (κ3) is 4.30. The van der Waals surface area contributed by atoms with Crippen LogP contribution < -0.4 is 10.2 Å². The number of nitrogens with zero attached hydrogens (tertiary/aromatic N) is 2. The van der Waals surface area contributed by atoms with E-state index in [0.717, 1.165) is 11.8 Å². The number of fused-ring (bicyclic) bond motifs is 1. The fourth-order valence-electron chi connectivity index (χ4n) is 3.61. The van der Waals surface area contributed by atoms with Crippen molar-refractivity contribution in [2.45, 2.75) is 13.8 Å². The van der Waals surface area contributed by atoms with E-state index in [2.05, 4.69) is 5.32 Å². The maximum atomic E-state index is 13.4. The standard InChI is InChI=1S/C23H20ClN3O3S2/c1-13(2)11-27-22(30)20(32-23(27)31)19-16-5-3-4-6-17(16)26(21(19)29)12-18(28)25-15-9-7-14(24)8-10-15/h3-10,13H,11-12H2,1-2H3,(H,25,28)/b20-19+. The Labute approximate surface area is 200 Å². The number of hydrogen-bond donors (Lipinski definition) is 1. The predicted molar refractivity (Wildman–Crippen MR) is 133 cm³/mol. The van der Waals surface area contributed by atoms with Crippen LogP contribution in [0.1, 0.15) is 19.4 Å². The van der Waals surface area contributed by atoms with Gasteiger partial charge < -0.3 is 5.32 Å². The Hall–Kier alpha value is -2.68. The van der Waals surface area contributed by atoms with E-state index in [4.69, 9.17) is 23.8 Å². The minimum absolute atomic E-state index is 0.186. The number of carbonyl (C=O) groups excluding carboxylic acids is 3. The molecule has 0 aliphatic carbocycles. The van der Waals surface area contributed by atoms with Crippen LogP contribution in [0.15, 0.2) is 53.4 Å². The van der Waals surface area contributed by atoms with Crippen LogP contribution in [-0.2, 0) is 14.4 Å². The van der Waals surface area contributed by atoms with Crippen LogP contribution in [0.4, 0.5) is 11.4 Å². The van der Waals surface area contributed by atoms with E-state index in [0.29, 0.717) is 43.3 Å². The maximum absolute atomic E-state index is 13.4. The highest BCUT2D eigenvalue weighted by atomic mass is 35.5. The molecule has 0 radical (unpaired) electrons. The molecule has 2 aliphatic heterocycles. The number of amides is 3. The van der Waals surface area contributed by atoms with Crippen LogP contribution in [-0.4, -0.2) is 40.0 Å². The van der Waals surface area contributed by atoms with Gasteiger partial charge in [-0.2, -0.15) is 0 Å². The second kappa shape index (κ2) is 9.05. The summed E-state index contributed by atoms with van der Waals surface area (Å²) in [7, 11) is 0. The van der Waals surface area contributed by atoms with Crippen molar-refractivity contribution in [3.63, 3.8) is 0 Å². The highest BCUT2D eigenvalue weighted by Crippen LogP contribution is 2.44. The quantitative estimate of drug-likeness (QED) is 0.497. The number of anilines is 2. The Morgan fingerprint density at radius 1 is 1.06 bits per heavy atom. The summed E-state index contributed by atoms with van der Waals surface area (Å²) in [5.41, 5.74) is 2.09. The van der Waals surface area contributed by atoms with E-state index in [1.165, 1.54) is 4.90 Å². The lowest BCUT2D eigenvalue weighted by Gasteiger charge is -2.17. The third-order valence-corrected chi connectivity index (χ3v) is 6.68.